The standard InChI is InChI=1S/C20H24N8/c1-15-14-18(26-25-15)22-19-21-17(9-8-16-6-4-3-5-7-16)23-20(24-19)28-12-10-27(2)11-13-28/h3-9,14H,10-13H2,1-2H3,(H2,21,22,23,24,25,26)/b9-8+. The van der Waals surface area contributed by atoms with Gasteiger partial charge >= 0.3 is 0 Å². The summed E-state index contributed by atoms with van der Waals surface area (Å²) in [5.41, 5.74) is 2.07. The van der Waals surface area contributed by atoms with Crippen LogP contribution in [-0.4, -0.2) is 63.3 Å². The molecule has 1 aliphatic heterocycles. The van der Waals surface area contributed by atoms with Crippen molar-refractivity contribution in [1.82, 2.24) is 30.0 Å². The summed E-state index contributed by atoms with van der Waals surface area (Å²) in [5.74, 6) is 2.47. The molecule has 0 unspecified atom stereocenters. The first-order chi connectivity index (χ1) is 13.7. The van der Waals surface area contributed by atoms with Gasteiger partial charge in [0, 0.05) is 37.9 Å². The fourth-order valence-electron chi connectivity index (χ4n) is 2.99. The van der Waals surface area contributed by atoms with E-state index in [0.717, 1.165) is 37.4 Å². The molecule has 0 saturated carbocycles. The highest BCUT2D eigenvalue weighted by molar-refractivity contribution is 5.67. The zero-order chi connectivity index (χ0) is 19.3. The lowest BCUT2D eigenvalue weighted by Crippen LogP contribution is -2.45. The van der Waals surface area contributed by atoms with Crippen molar-refractivity contribution in [2.75, 3.05) is 43.4 Å². The van der Waals surface area contributed by atoms with Crippen LogP contribution in [0.5, 0.6) is 0 Å². The predicted octanol–water partition coefficient (Wildman–Crippen LogP) is 2.57. The number of likely N-dealkylation sites (N-methyl/N-ethyl adjacent to an activating group) is 1. The van der Waals surface area contributed by atoms with Crippen molar-refractivity contribution < 1.29 is 0 Å². The Morgan fingerprint density at radius 2 is 1.79 bits per heavy atom. The van der Waals surface area contributed by atoms with Gasteiger partial charge in [-0.3, -0.25) is 5.10 Å². The van der Waals surface area contributed by atoms with Crippen molar-refractivity contribution in [3.63, 3.8) is 0 Å². The Morgan fingerprint density at radius 3 is 2.50 bits per heavy atom. The second-order valence-electron chi connectivity index (χ2n) is 6.91. The highest BCUT2D eigenvalue weighted by atomic mass is 15.3. The van der Waals surface area contributed by atoms with Gasteiger partial charge in [-0.2, -0.15) is 20.1 Å². The summed E-state index contributed by atoms with van der Waals surface area (Å²) in [4.78, 5) is 18.4. The number of benzene rings is 1. The van der Waals surface area contributed by atoms with E-state index in [1.807, 2.05) is 55.5 Å². The summed E-state index contributed by atoms with van der Waals surface area (Å²) >= 11 is 0. The average Bonchev–Trinajstić information content (AvgIpc) is 3.12. The van der Waals surface area contributed by atoms with Gasteiger partial charge in [0.05, 0.1) is 0 Å². The Morgan fingerprint density at radius 1 is 1.00 bits per heavy atom. The molecule has 0 bridgehead atoms. The van der Waals surface area contributed by atoms with Gasteiger partial charge in [0.2, 0.25) is 11.9 Å². The van der Waals surface area contributed by atoms with Gasteiger partial charge in [-0.05, 0) is 25.6 Å². The van der Waals surface area contributed by atoms with Gasteiger partial charge < -0.3 is 15.1 Å². The molecule has 0 aliphatic carbocycles. The van der Waals surface area contributed by atoms with Gasteiger partial charge in [-0.25, -0.2) is 0 Å². The maximum absolute atomic E-state index is 4.67. The Balaban J connectivity index is 1.62. The smallest absolute Gasteiger partial charge is 0.233 e. The number of nitrogens with zero attached hydrogens (tertiary/aromatic N) is 6. The molecule has 3 aromatic rings. The minimum Gasteiger partial charge on any atom is -0.338 e. The van der Waals surface area contributed by atoms with Gasteiger partial charge in [0.1, 0.15) is 0 Å². The summed E-state index contributed by atoms with van der Waals surface area (Å²) < 4.78 is 0. The van der Waals surface area contributed by atoms with E-state index in [2.05, 4.69) is 47.3 Å². The van der Waals surface area contributed by atoms with Crippen LogP contribution in [-0.2, 0) is 0 Å². The van der Waals surface area contributed by atoms with Crippen LogP contribution in [0, 0.1) is 6.92 Å². The number of aromatic nitrogens is 5. The molecule has 0 atom stereocenters. The molecule has 28 heavy (non-hydrogen) atoms. The molecule has 0 amide bonds. The number of anilines is 3. The third kappa shape index (κ3) is 4.52. The lowest BCUT2D eigenvalue weighted by atomic mass is 10.2. The molecule has 8 heteroatoms. The number of nitrogens with one attached hydrogen (secondary N) is 2. The molecule has 144 valence electrons. The lowest BCUT2D eigenvalue weighted by Gasteiger charge is -2.32. The average molecular weight is 376 g/mol. The van der Waals surface area contributed by atoms with Gasteiger partial charge in [-0.15, -0.1) is 0 Å². The third-order valence-corrected chi connectivity index (χ3v) is 4.60. The fraction of sp³-hybridized carbons (Fsp3) is 0.300. The second-order valence-corrected chi connectivity index (χ2v) is 6.91. The molecule has 1 aliphatic rings. The van der Waals surface area contributed by atoms with E-state index in [1.54, 1.807) is 0 Å². The van der Waals surface area contributed by atoms with Crippen LogP contribution in [0.4, 0.5) is 17.7 Å². The zero-order valence-corrected chi connectivity index (χ0v) is 16.1. The lowest BCUT2D eigenvalue weighted by molar-refractivity contribution is 0.311. The molecule has 1 aromatic carbocycles. The highest BCUT2D eigenvalue weighted by Gasteiger charge is 2.18. The van der Waals surface area contributed by atoms with Crippen LogP contribution in [0.15, 0.2) is 36.4 Å². The topological polar surface area (TPSA) is 85.9 Å². The van der Waals surface area contributed by atoms with Crippen molar-refractivity contribution in [2.45, 2.75) is 6.92 Å². The quantitative estimate of drug-likeness (QED) is 0.708. The molecule has 4 rings (SSSR count). The monoisotopic (exact) mass is 376 g/mol. The van der Waals surface area contributed by atoms with Crippen LogP contribution < -0.4 is 10.2 Å². The van der Waals surface area contributed by atoms with Crippen molar-refractivity contribution in [1.29, 1.82) is 0 Å². The summed E-state index contributed by atoms with van der Waals surface area (Å²) in [7, 11) is 2.13. The normalized spacial score (nSPS) is 15.3. The first kappa shape index (κ1) is 18.1. The number of aryl methyl sites for hydroxylation is 1. The van der Waals surface area contributed by atoms with Gasteiger partial charge in [0.15, 0.2) is 11.6 Å². The number of hydrogen-bond donors (Lipinski definition) is 2. The van der Waals surface area contributed by atoms with Crippen LogP contribution in [0.2, 0.25) is 0 Å². The van der Waals surface area contributed by atoms with Crippen LogP contribution >= 0.6 is 0 Å². The molecule has 1 saturated heterocycles. The molecular formula is C20H24N8. The highest BCUT2D eigenvalue weighted by Crippen LogP contribution is 2.17. The number of rotatable bonds is 5. The van der Waals surface area contributed by atoms with Crippen molar-refractivity contribution in [2.24, 2.45) is 0 Å². The minimum absolute atomic E-state index is 0.489. The number of piperazine rings is 1. The summed E-state index contributed by atoms with van der Waals surface area (Å²) in [5, 5.41) is 10.3. The van der Waals surface area contributed by atoms with E-state index in [0.29, 0.717) is 23.5 Å². The van der Waals surface area contributed by atoms with E-state index < -0.39 is 0 Å². The number of hydrogen-bond acceptors (Lipinski definition) is 7. The number of H-pyrrole nitrogens is 1. The molecule has 0 spiro atoms. The van der Waals surface area contributed by atoms with Crippen molar-refractivity contribution in [3.05, 3.63) is 53.5 Å². The van der Waals surface area contributed by atoms with E-state index in [1.165, 1.54) is 0 Å². The molecule has 2 aromatic heterocycles. The van der Waals surface area contributed by atoms with Crippen LogP contribution in [0.25, 0.3) is 12.2 Å². The Kier molecular flexibility index (Phi) is 5.29. The predicted molar refractivity (Wildman–Crippen MR) is 112 cm³/mol. The number of aromatic amines is 1. The molecule has 0 radical (unpaired) electrons. The zero-order valence-electron chi connectivity index (χ0n) is 16.1. The van der Waals surface area contributed by atoms with E-state index >= 15 is 0 Å². The summed E-state index contributed by atoms with van der Waals surface area (Å²) in [6, 6.07) is 12.0. The maximum atomic E-state index is 4.67. The second kappa shape index (κ2) is 8.18. The van der Waals surface area contributed by atoms with Gasteiger partial charge in [0.25, 0.3) is 0 Å². The van der Waals surface area contributed by atoms with E-state index in [-0.39, 0.29) is 0 Å². The molecule has 3 heterocycles. The fourth-order valence-corrected chi connectivity index (χ4v) is 2.99. The van der Waals surface area contributed by atoms with Crippen molar-refractivity contribution in [3.8, 4) is 0 Å². The Bertz CT molecular complexity index is 942. The van der Waals surface area contributed by atoms with Crippen LogP contribution in [0.1, 0.15) is 17.1 Å². The largest absolute Gasteiger partial charge is 0.338 e. The molecular weight excluding hydrogens is 352 g/mol. The maximum Gasteiger partial charge on any atom is 0.233 e. The Hall–Kier alpha value is -3.26. The molecule has 1 fully saturated rings. The van der Waals surface area contributed by atoms with Gasteiger partial charge in [-0.1, -0.05) is 36.4 Å². The minimum atomic E-state index is 0.489. The summed E-state index contributed by atoms with van der Waals surface area (Å²) in [6.07, 6.45) is 3.92. The Labute approximate surface area is 164 Å². The first-order valence-electron chi connectivity index (χ1n) is 9.37. The van der Waals surface area contributed by atoms with E-state index in [4.69, 9.17) is 0 Å². The SMILES string of the molecule is Cc1cc(Nc2nc(/C=C/c3ccccc3)nc(N3CCN(C)CC3)n2)n[nH]1. The van der Waals surface area contributed by atoms with E-state index in [9.17, 15) is 0 Å². The molecule has 8 nitrogen and oxygen atoms in total. The summed E-state index contributed by atoms with van der Waals surface area (Å²) in [6.45, 7) is 5.71. The third-order valence-electron chi connectivity index (χ3n) is 4.60. The van der Waals surface area contributed by atoms with Crippen LogP contribution in [0.3, 0.4) is 0 Å². The van der Waals surface area contributed by atoms with Crippen molar-refractivity contribution >= 4 is 29.9 Å². The first-order valence-corrected chi connectivity index (χ1v) is 9.37. The molecule has 2 N–H and O–H groups in total.